The summed E-state index contributed by atoms with van der Waals surface area (Å²) >= 11 is 0. The van der Waals surface area contributed by atoms with Crippen LogP contribution >= 0.6 is 0 Å². The zero-order valence-corrected chi connectivity index (χ0v) is 12.1. The number of hydrogen-bond acceptors (Lipinski definition) is 2. The average molecular weight is 319 g/mol. The smallest absolute Gasteiger partial charge is 0.316 e. The molecule has 0 aliphatic carbocycles. The molecule has 0 bridgehead atoms. The van der Waals surface area contributed by atoms with Gasteiger partial charge < -0.3 is 10.4 Å². The minimum absolute atomic E-state index is 0.0412. The van der Waals surface area contributed by atoms with Crippen molar-refractivity contribution < 1.29 is 23.5 Å². The molecule has 1 unspecified atom stereocenters. The molecule has 0 aliphatic rings. The lowest BCUT2D eigenvalue weighted by Gasteiger charge is -2.13. The summed E-state index contributed by atoms with van der Waals surface area (Å²) < 4.78 is 26.2. The van der Waals surface area contributed by atoms with Crippen LogP contribution in [0.2, 0.25) is 0 Å². The van der Waals surface area contributed by atoms with Gasteiger partial charge in [-0.3, -0.25) is 9.59 Å². The standard InChI is InChI=1S/C17H15F2NO3/c18-13-6-12(7-14(19)9-13)10-20-16(21)15(17(22)23)8-11-4-2-1-3-5-11/h1-7,9,15H,8,10H2,(H,20,21)(H,22,23). The molecule has 23 heavy (non-hydrogen) atoms. The molecule has 0 saturated heterocycles. The van der Waals surface area contributed by atoms with Crippen LogP contribution in [0.15, 0.2) is 48.5 Å². The Bertz CT molecular complexity index is 684. The summed E-state index contributed by atoms with van der Waals surface area (Å²) in [6, 6.07) is 11.6. The highest BCUT2D eigenvalue weighted by molar-refractivity contribution is 5.97. The van der Waals surface area contributed by atoms with Crippen LogP contribution in [-0.2, 0) is 22.6 Å². The van der Waals surface area contributed by atoms with Crippen molar-refractivity contribution in [2.75, 3.05) is 0 Å². The number of carboxylic acid groups (broad SMARTS) is 1. The van der Waals surface area contributed by atoms with Gasteiger partial charge in [-0.1, -0.05) is 30.3 Å². The van der Waals surface area contributed by atoms with Crippen LogP contribution in [-0.4, -0.2) is 17.0 Å². The second-order valence-corrected chi connectivity index (χ2v) is 5.08. The Labute approximate surface area is 131 Å². The third-order valence-corrected chi connectivity index (χ3v) is 3.29. The van der Waals surface area contributed by atoms with Gasteiger partial charge in [0.1, 0.15) is 17.6 Å². The fraction of sp³-hybridized carbons (Fsp3) is 0.176. The van der Waals surface area contributed by atoms with E-state index in [2.05, 4.69) is 5.32 Å². The highest BCUT2D eigenvalue weighted by Crippen LogP contribution is 2.11. The van der Waals surface area contributed by atoms with E-state index in [4.69, 9.17) is 0 Å². The van der Waals surface area contributed by atoms with Crippen LogP contribution in [0.5, 0.6) is 0 Å². The van der Waals surface area contributed by atoms with E-state index < -0.39 is 29.4 Å². The van der Waals surface area contributed by atoms with Gasteiger partial charge in [0.2, 0.25) is 5.91 Å². The molecule has 0 fully saturated rings. The van der Waals surface area contributed by atoms with E-state index >= 15 is 0 Å². The molecule has 1 amide bonds. The molecular weight excluding hydrogens is 304 g/mol. The number of aliphatic carboxylic acids is 1. The Kier molecular flexibility index (Phi) is 5.41. The van der Waals surface area contributed by atoms with Crippen molar-refractivity contribution in [2.24, 2.45) is 5.92 Å². The van der Waals surface area contributed by atoms with E-state index in [1.807, 2.05) is 0 Å². The number of rotatable bonds is 6. The summed E-state index contributed by atoms with van der Waals surface area (Å²) in [6.07, 6.45) is 0.0412. The fourth-order valence-corrected chi connectivity index (χ4v) is 2.17. The van der Waals surface area contributed by atoms with Gasteiger partial charge in [0, 0.05) is 12.6 Å². The van der Waals surface area contributed by atoms with Crippen molar-refractivity contribution in [3.8, 4) is 0 Å². The van der Waals surface area contributed by atoms with Crippen LogP contribution in [0.1, 0.15) is 11.1 Å². The quantitative estimate of drug-likeness (QED) is 0.804. The third kappa shape index (κ3) is 4.88. The van der Waals surface area contributed by atoms with Crippen molar-refractivity contribution in [3.05, 3.63) is 71.3 Å². The maximum atomic E-state index is 13.1. The molecule has 1 atom stereocenters. The van der Waals surface area contributed by atoms with Crippen LogP contribution < -0.4 is 5.32 Å². The van der Waals surface area contributed by atoms with Gasteiger partial charge in [-0.15, -0.1) is 0 Å². The molecule has 0 radical (unpaired) electrons. The van der Waals surface area contributed by atoms with Crippen molar-refractivity contribution >= 4 is 11.9 Å². The van der Waals surface area contributed by atoms with Crippen LogP contribution in [0, 0.1) is 17.6 Å². The minimum Gasteiger partial charge on any atom is -0.481 e. The van der Waals surface area contributed by atoms with E-state index in [-0.39, 0.29) is 18.5 Å². The van der Waals surface area contributed by atoms with Gasteiger partial charge in [0.15, 0.2) is 0 Å². The van der Waals surface area contributed by atoms with Crippen LogP contribution in [0.25, 0.3) is 0 Å². The minimum atomic E-state index is -1.27. The first-order chi connectivity index (χ1) is 11.0. The third-order valence-electron chi connectivity index (χ3n) is 3.29. The number of carboxylic acids is 1. The van der Waals surface area contributed by atoms with E-state index in [0.29, 0.717) is 5.56 Å². The Hall–Kier alpha value is -2.76. The van der Waals surface area contributed by atoms with Gasteiger partial charge in [-0.05, 0) is 29.7 Å². The molecule has 4 nitrogen and oxygen atoms in total. The Balaban J connectivity index is 2.02. The molecule has 0 aromatic heterocycles. The van der Waals surface area contributed by atoms with Gasteiger partial charge in [-0.25, -0.2) is 8.78 Å². The van der Waals surface area contributed by atoms with Crippen LogP contribution in [0.4, 0.5) is 8.78 Å². The van der Waals surface area contributed by atoms with Crippen LogP contribution in [0.3, 0.4) is 0 Å². The summed E-state index contributed by atoms with van der Waals surface area (Å²) in [7, 11) is 0. The molecule has 6 heteroatoms. The summed E-state index contributed by atoms with van der Waals surface area (Å²) in [5, 5.41) is 11.6. The largest absolute Gasteiger partial charge is 0.481 e. The molecule has 2 aromatic carbocycles. The first-order valence-electron chi connectivity index (χ1n) is 6.95. The number of hydrogen-bond donors (Lipinski definition) is 2. The number of nitrogens with one attached hydrogen (secondary N) is 1. The Morgan fingerprint density at radius 2 is 1.61 bits per heavy atom. The molecule has 0 saturated carbocycles. The lowest BCUT2D eigenvalue weighted by molar-refractivity contribution is -0.147. The topological polar surface area (TPSA) is 66.4 Å². The summed E-state index contributed by atoms with van der Waals surface area (Å²) in [6.45, 7) is -0.147. The van der Waals surface area contributed by atoms with Crippen molar-refractivity contribution in [3.63, 3.8) is 0 Å². The number of benzene rings is 2. The number of amides is 1. The summed E-state index contributed by atoms with van der Waals surface area (Å²) in [5.41, 5.74) is 0.937. The molecule has 2 rings (SSSR count). The second kappa shape index (κ2) is 7.49. The normalized spacial score (nSPS) is 11.7. The van der Waals surface area contributed by atoms with Crippen molar-refractivity contribution in [2.45, 2.75) is 13.0 Å². The molecule has 2 N–H and O–H groups in total. The lowest BCUT2D eigenvalue weighted by Crippen LogP contribution is -2.36. The first-order valence-corrected chi connectivity index (χ1v) is 6.95. The lowest BCUT2D eigenvalue weighted by atomic mass is 9.98. The van der Waals surface area contributed by atoms with Gasteiger partial charge in [0.05, 0.1) is 0 Å². The predicted octanol–water partition coefficient (Wildman–Crippen LogP) is 2.52. The summed E-state index contributed by atoms with van der Waals surface area (Å²) in [4.78, 5) is 23.3. The zero-order chi connectivity index (χ0) is 16.8. The number of carbonyl (C=O) groups excluding carboxylic acids is 1. The van der Waals surface area contributed by atoms with Crippen molar-refractivity contribution in [1.82, 2.24) is 5.32 Å². The average Bonchev–Trinajstić information content (AvgIpc) is 2.50. The predicted molar refractivity (Wildman–Crippen MR) is 79.5 cm³/mol. The Morgan fingerprint density at radius 1 is 1.00 bits per heavy atom. The Morgan fingerprint density at radius 3 is 2.17 bits per heavy atom. The first kappa shape index (κ1) is 16.6. The molecule has 0 spiro atoms. The SMILES string of the molecule is O=C(O)C(Cc1ccccc1)C(=O)NCc1cc(F)cc(F)c1. The van der Waals surface area contributed by atoms with E-state index in [1.165, 1.54) is 0 Å². The molecule has 120 valence electrons. The fourth-order valence-electron chi connectivity index (χ4n) is 2.17. The van der Waals surface area contributed by atoms with E-state index in [0.717, 1.165) is 18.2 Å². The molecular formula is C17H15F2NO3. The van der Waals surface area contributed by atoms with Gasteiger partial charge >= 0.3 is 5.97 Å². The number of carbonyl (C=O) groups is 2. The molecule has 0 heterocycles. The monoisotopic (exact) mass is 319 g/mol. The van der Waals surface area contributed by atoms with E-state index in [1.54, 1.807) is 30.3 Å². The maximum Gasteiger partial charge on any atom is 0.316 e. The van der Waals surface area contributed by atoms with Gasteiger partial charge in [0.25, 0.3) is 0 Å². The van der Waals surface area contributed by atoms with E-state index in [9.17, 15) is 23.5 Å². The molecule has 2 aromatic rings. The molecule has 0 aliphatic heterocycles. The van der Waals surface area contributed by atoms with Crippen molar-refractivity contribution in [1.29, 1.82) is 0 Å². The highest BCUT2D eigenvalue weighted by atomic mass is 19.1. The van der Waals surface area contributed by atoms with Gasteiger partial charge in [-0.2, -0.15) is 0 Å². The zero-order valence-electron chi connectivity index (χ0n) is 12.1. The second-order valence-electron chi connectivity index (χ2n) is 5.08. The highest BCUT2D eigenvalue weighted by Gasteiger charge is 2.26. The summed E-state index contributed by atoms with van der Waals surface area (Å²) in [5.74, 6) is -4.74. The maximum absolute atomic E-state index is 13.1. The number of halogens is 2.